The van der Waals surface area contributed by atoms with Crippen molar-refractivity contribution in [2.75, 3.05) is 0 Å². The van der Waals surface area contributed by atoms with E-state index in [1.807, 2.05) is 0 Å². The number of hydrogen-bond acceptors (Lipinski definition) is 1. The zero-order valence-electron chi connectivity index (χ0n) is 10.9. The number of nitrogens with zero attached hydrogens (tertiary/aromatic N) is 1. The van der Waals surface area contributed by atoms with Crippen LogP contribution in [0, 0.1) is 0 Å². The van der Waals surface area contributed by atoms with Gasteiger partial charge in [-0.2, -0.15) is 0 Å². The average Bonchev–Trinajstić information content (AvgIpc) is 2.43. The van der Waals surface area contributed by atoms with Gasteiger partial charge in [-0.3, -0.25) is 0 Å². The Labute approximate surface area is 107 Å². The molecule has 2 aromatic carbocycles. The fourth-order valence-electron chi connectivity index (χ4n) is 2.35. The normalized spacial score (nSPS) is 11.2. The standard InChI is InChI=1S/C17H17N/c1-3-12-5-7-14-11-15-8-6-13(4-2)10-17(15)18-16(14)9-12/h5-11H,3-4H2,1-2H3. The second-order valence-electron chi connectivity index (χ2n) is 4.75. The van der Waals surface area contributed by atoms with Gasteiger partial charge in [-0.15, -0.1) is 0 Å². The number of aromatic nitrogens is 1. The number of hydrogen-bond donors (Lipinski definition) is 0. The van der Waals surface area contributed by atoms with Crippen molar-refractivity contribution in [2.45, 2.75) is 26.7 Å². The Balaban J connectivity index is 2.29. The lowest BCUT2D eigenvalue weighted by atomic mass is 10.1. The summed E-state index contributed by atoms with van der Waals surface area (Å²) in [4.78, 5) is 4.79. The highest BCUT2D eigenvalue weighted by atomic mass is 14.7. The number of pyridine rings is 1. The van der Waals surface area contributed by atoms with Gasteiger partial charge in [0.1, 0.15) is 0 Å². The van der Waals surface area contributed by atoms with Crippen LogP contribution in [0.4, 0.5) is 0 Å². The molecule has 0 saturated carbocycles. The van der Waals surface area contributed by atoms with E-state index in [1.165, 1.54) is 21.9 Å². The molecule has 0 radical (unpaired) electrons. The molecule has 0 N–H and O–H groups in total. The monoisotopic (exact) mass is 235 g/mol. The third kappa shape index (κ3) is 1.86. The first-order valence-electron chi connectivity index (χ1n) is 6.62. The maximum atomic E-state index is 4.79. The fourth-order valence-corrected chi connectivity index (χ4v) is 2.35. The molecule has 0 aliphatic rings. The van der Waals surface area contributed by atoms with E-state index in [0.29, 0.717) is 0 Å². The van der Waals surface area contributed by atoms with Crippen molar-refractivity contribution in [1.29, 1.82) is 0 Å². The Bertz CT molecular complexity index is 654. The van der Waals surface area contributed by atoms with E-state index in [4.69, 9.17) is 4.98 Å². The van der Waals surface area contributed by atoms with Crippen molar-refractivity contribution in [3.63, 3.8) is 0 Å². The Morgan fingerprint density at radius 2 is 1.22 bits per heavy atom. The predicted octanol–water partition coefficient (Wildman–Crippen LogP) is 4.51. The molecule has 0 bridgehead atoms. The lowest BCUT2D eigenvalue weighted by Gasteiger charge is -2.05. The van der Waals surface area contributed by atoms with Crippen LogP contribution in [0.1, 0.15) is 25.0 Å². The highest BCUT2D eigenvalue weighted by Crippen LogP contribution is 2.22. The molecule has 1 nitrogen and oxygen atoms in total. The topological polar surface area (TPSA) is 12.9 Å². The zero-order chi connectivity index (χ0) is 12.5. The maximum absolute atomic E-state index is 4.79. The van der Waals surface area contributed by atoms with Crippen LogP contribution in [0.15, 0.2) is 42.5 Å². The van der Waals surface area contributed by atoms with E-state index in [-0.39, 0.29) is 0 Å². The molecule has 18 heavy (non-hydrogen) atoms. The lowest BCUT2D eigenvalue weighted by Crippen LogP contribution is -1.87. The van der Waals surface area contributed by atoms with Crippen molar-refractivity contribution in [3.05, 3.63) is 53.6 Å². The summed E-state index contributed by atoms with van der Waals surface area (Å²) in [5.41, 5.74) is 4.91. The summed E-state index contributed by atoms with van der Waals surface area (Å²) in [5, 5.41) is 2.45. The molecule has 0 unspecified atom stereocenters. The molecule has 3 aromatic rings. The summed E-state index contributed by atoms with van der Waals surface area (Å²) >= 11 is 0. The Morgan fingerprint density at radius 1 is 0.722 bits per heavy atom. The van der Waals surface area contributed by atoms with Crippen LogP contribution in [0.2, 0.25) is 0 Å². The van der Waals surface area contributed by atoms with Gasteiger partial charge in [-0.1, -0.05) is 38.1 Å². The van der Waals surface area contributed by atoms with E-state index in [2.05, 4.69) is 56.3 Å². The number of fused-ring (bicyclic) bond motifs is 2. The average molecular weight is 235 g/mol. The van der Waals surface area contributed by atoms with E-state index >= 15 is 0 Å². The van der Waals surface area contributed by atoms with E-state index < -0.39 is 0 Å². The van der Waals surface area contributed by atoms with Crippen molar-refractivity contribution >= 4 is 21.8 Å². The summed E-state index contributed by atoms with van der Waals surface area (Å²) in [5.74, 6) is 0. The second-order valence-corrected chi connectivity index (χ2v) is 4.75. The molecule has 0 amide bonds. The quantitative estimate of drug-likeness (QED) is 0.595. The summed E-state index contributed by atoms with van der Waals surface area (Å²) in [7, 11) is 0. The number of rotatable bonds is 2. The molecule has 0 atom stereocenters. The van der Waals surface area contributed by atoms with Crippen LogP contribution in [-0.4, -0.2) is 4.98 Å². The number of benzene rings is 2. The van der Waals surface area contributed by atoms with Gasteiger partial charge in [-0.25, -0.2) is 4.98 Å². The van der Waals surface area contributed by atoms with Crippen molar-refractivity contribution in [1.82, 2.24) is 4.98 Å². The summed E-state index contributed by atoms with van der Waals surface area (Å²) < 4.78 is 0. The molecule has 1 heteroatoms. The molecule has 0 saturated heterocycles. The third-order valence-electron chi connectivity index (χ3n) is 3.56. The van der Waals surface area contributed by atoms with Gasteiger partial charge >= 0.3 is 0 Å². The van der Waals surface area contributed by atoms with Crippen molar-refractivity contribution < 1.29 is 0 Å². The largest absolute Gasteiger partial charge is 0.248 e. The van der Waals surface area contributed by atoms with Gasteiger partial charge < -0.3 is 0 Å². The first-order valence-corrected chi connectivity index (χ1v) is 6.62. The SMILES string of the molecule is CCc1ccc2cc3ccc(CC)cc3nc2c1. The smallest absolute Gasteiger partial charge is 0.0712 e. The van der Waals surface area contributed by atoms with Crippen LogP contribution in [0.25, 0.3) is 21.8 Å². The summed E-state index contributed by atoms with van der Waals surface area (Å²) in [6.07, 6.45) is 2.12. The van der Waals surface area contributed by atoms with Crippen LogP contribution in [0.5, 0.6) is 0 Å². The minimum Gasteiger partial charge on any atom is -0.248 e. The third-order valence-corrected chi connectivity index (χ3v) is 3.56. The highest BCUT2D eigenvalue weighted by Gasteiger charge is 2.01. The lowest BCUT2D eigenvalue weighted by molar-refractivity contribution is 1.14. The van der Waals surface area contributed by atoms with Gasteiger partial charge in [0.25, 0.3) is 0 Å². The first kappa shape index (κ1) is 11.2. The minimum absolute atomic E-state index is 1.06. The van der Waals surface area contributed by atoms with Crippen molar-refractivity contribution in [3.8, 4) is 0 Å². The second kappa shape index (κ2) is 4.41. The van der Waals surface area contributed by atoms with Crippen LogP contribution in [0.3, 0.4) is 0 Å². The molecular weight excluding hydrogens is 218 g/mol. The zero-order valence-corrected chi connectivity index (χ0v) is 10.9. The van der Waals surface area contributed by atoms with E-state index in [1.54, 1.807) is 0 Å². The molecule has 3 rings (SSSR count). The molecule has 0 aliphatic carbocycles. The van der Waals surface area contributed by atoms with Gasteiger partial charge in [0.15, 0.2) is 0 Å². The van der Waals surface area contributed by atoms with Gasteiger partial charge in [-0.05, 0) is 42.2 Å². The van der Waals surface area contributed by atoms with Gasteiger partial charge in [0, 0.05) is 10.8 Å². The fraction of sp³-hybridized carbons (Fsp3) is 0.235. The molecule has 0 aliphatic heterocycles. The molecule has 0 fully saturated rings. The van der Waals surface area contributed by atoms with Gasteiger partial charge in [0.05, 0.1) is 11.0 Å². The highest BCUT2D eigenvalue weighted by molar-refractivity contribution is 5.93. The number of aryl methyl sites for hydroxylation is 2. The summed E-state index contributed by atoms with van der Waals surface area (Å²) in [6, 6.07) is 15.4. The molecule has 90 valence electrons. The van der Waals surface area contributed by atoms with E-state index in [9.17, 15) is 0 Å². The molecular formula is C17H17N. The van der Waals surface area contributed by atoms with Crippen molar-refractivity contribution in [2.24, 2.45) is 0 Å². The summed E-state index contributed by atoms with van der Waals surface area (Å²) in [6.45, 7) is 4.36. The molecule has 1 heterocycles. The van der Waals surface area contributed by atoms with Crippen LogP contribution in [-0.2, 0) is 12.8 Å². The Kier molecular flexibility index (Phi) is 2.75. The predicted molar refractivity (Wildman–Crippen MR) is 78.0 cm³/mol. The molecule has 0 spiro atoms. The van der Waals surface area contributed by atoms with Crippen LogP contribution < -0.4 is 0 Å². The minimum atomic E-state index is 1.06. The van der Waals surface area contributed by atoms with Crippen LogP contribution >= 0.6 is 0 Å². The maximum Gasteiger partial charge on any atom is 0.0712 e. The van der Waals surface area contributed by atoms with Gasteiger partial charge in [0.2, 0.25) is 0 Å². The van der Waals surface area contributed by atoms with E-state index in [0.717, 1.165) is 23.9 Å². The Morgan fingerprint density at radius 3 is 1.67 bits per heavy atom. The Hall–Kier alpha value is -1.89. The molecule has 1 aromatic heterocycles. The first-order chi connectivity index (χ1) is 8.80.